The molecule has 1 heterocycles. The lowest BCUT2D eigenvalue weighted by Gasteiger charge is -2.13. The van der Waals surface area contributed by atoms with Crippen molar-refractivity contribution in [1.82, 2.24) is 5.32 Å². The Morgan fingerprint density at radius 1 is 1.47 bits per heavy atom. The fraction of sp³-hybridized carbons (Fsp3) is 0.538. The van der Waals surface area contributed by atoms with Crippen LogP contribution in [0.4, 0.5) is 0 Å². The first-order valence-electron chi connectivity index (χ1n) is 6.27. The van der Waals surface area contributed by atoms with Gasteiger partial charge in [-0.15, -0.1) is 11.3 Å². The predicted molar refractivity (Wildman–Crippen MR) is 76.9 cm³/mol. The van der Waals surface area contributed by atoms with Crippen molar-refractivity contribution < 1.29 is 14.7 Å². The summed E-state index contributed by atoms with van der Waals surface area (Å²) in [6.07, 6.45) is 2.55. The minimum absolute atomic E-state index is 0.159. The number of carbonyl (C=O) groups excluding carboxylic acids is 1. The van der Waals surface area contributed by atoms with Crippen LogP contribution in [0.2, 0.25) is 5.02 Å². The third-order valence-corrected chi connectivity index (χ3v) is 4.35. The SMILES string of the molecule is CCC(CCNC(=O)c1sccc1Cl)CCC(=O)O. The summed E-state index contributed by atoms with van der Waals surface area (Å²) < 4.78 is 0. The Bertz CT molecular complexity index is 433. The highest BCUT2D eigenvalue weighted by molar-refractivity contribution is 7.12. The van der Waals surface area contributed by atoms with Crippen LogP contribution in [0.15, 0.2) is 11.4 Å². The topological polar surface area (TPSA) is 66.4 Å². The summed E-state index contributed by atoms with van der Waals surface area (Å²) in [5, 5.41) is 13.7. The van der Waals surface area contributed by atoms with E-state index in [1.807, 2.05) is 6.92 Å². The molecule has 0 aliphatic rings. The van der Waals surface area contributed by atoms with Crippen LogP contribution in [0, 0.1) is 5.92 Å². The van der Waals surface area contributed by atoms with Gasteiger partial charge in [0, 0.05) is 13.0 Å². The van der Waals surface area contributed by atoms with Gasteiger partial charge in [0.2, 0.25) is 0 Å². The van der Waals surface area contributed by atoms with Crippen molar-refractivity contribution in [3.8, 4) is 0 Å². The van der Waals surface area contributed by atoms with E-state index in [0.29, 0.717) is 28.8 Å². The van der Waals surface area contributed by atoms with Gasteiger partial charge in [0.15, 0.2) is 0 Å². The highest BCUT2D eigenvalue weighted by Crippen LogP contribution is 2.21. The zero-order valence-corrected chi connectivity index (χ0v) is 12.4. The monoisotopic (exact) mass is 303 g/mol. The molecule has 0 aliphatic heterocycles. The van der Waals surface area contributed by atoms with Gasteiger partial charge in [-0.3, -0.25) is 9.59 Å². The molecular weight excluding hydrogens is 286 g/mol. The molecule has 0 aromatic carbocycles. The third-order valence-electron chi connectivity index (χ3n) is 3.01. The number of carbonyl (C=O) groups is 2. The van der Waals surface area contributed by atoms with E-state index in [2.05, 4.69) is 5.32 Å². The average Bonchev–Trinajstić information content (AvgIpc) is 2.79. The fourth-order valence-corrected chi connectivity index (χ4v) is 2.86. The Balaban J connectivity index is 2.30. The number of thiophene rings is 1. The van der Waals surface area contributed by atoms with Crippen molar-refractivity contribution in [2.75, 3.05) is 6.54 Å². The van der Waals surface area contributed by atoms with Gasteiger partial charge in [0.1, 0.15) is 4.88 Å². The molecule has 0 spiro atoms. The van der Waals surface area contributed by atoms with E-state index < -0.39 is 5.97 Å². The van der Waals surface area contributed by atoms with Crippen molar-refractivity contribution in [3.63, 3.8) is 0 Å². The highest BCUT2D eigenvalue weighted by Gasteiger charge is 2.13. The van der Waals surface area contributed by atoms with Gasteiger partial charge < -0.3 is 10.4 Å². The first-order valence-corrected chi connectivity index (χ1v) is 7.53. The zero-order valence-electron chi connectivity index (χ0n) is 10.8. The minimum atomic E-state index is -0.771. The fourth-order valence-electron chi connectivity index (χ4n) is 1.81. The van der Waals surface area contributed by atoms with Crippen LogP contribution >= 0.6 is 22.9 Å². The molecule has 1 amide bonds. The van der Waals surface area contributed by atoms with E-state index >= 15 is 0 Å². The third kappa shape index (κ3) is 5.61. The number of aliphatic carboxylic acids is 1. The number of carboxylic acids is 1. The maximum atomic E-state index is 11.8. The highest BCUT2D eigenvalue weighted by atomic mass is 35.5. The van der Waals surface area contributed by atoms with E-state index in [4.69, 9.17) is 16.7 Å². The molecular formula is C13H18ClNO3S. The summed E-state index contributed by atoms with van der Waals surface area (Å²) >= 11 is 7.19. The van der Waals surface area contributed by atoms with Gasteiger partial charge in [0.25, 0.3) is 5.91 Å². The molecule has 4 nitrogen and oxygen atoms in total. The maximum absolute atomic E-state index is 11.8. The smallest absolute Gasteiger partial charge is 0.303 e. The van der Waals surface area contributed by atoms with Crippen LogP contribution in [0.25, 0.3) is 0 Å². The van der Waals surface area contributed by atoms with Crippen LogP contribution in [-0.4, -0.2) is 23.5 Å². The zero-order chi connectivity index (χ0) is 14.3. The van der Waals surface area contributed by atoms with E-state index in [-0.39, 0.29) is 12.3 Å². The number of rotatable bonds is 8. The summed E-state index contributed by atoms with van der Waals surface area (Å²) in [6.45, 7) is 2.58. The van der Waals surface area contributed by atoms with Crippen molar-refractivity contribution >= 4 is 34.8 Å². The Kier molecular flexibility index (Phi) is 6.87. The summed E-state index contributed by atoms with van der Waals surface area (Å²) in [6, 6.07) is 1.70. The first kappa shape index (κ1) is 16.0. The molecule has 0 fully saturated rings. The lowest BCUT2D eigenvalue weighted by molar-refractivity contribution is -0.137. The van der Waals surface area contributed by atoms with Gasteiger partial charge >= 0.3 is 5.97 Å². The Morgan fingerprint density at radius 2 is 2.21 bits per heavy atom. The quantitative estimate of drug-likeness (QED) is 0.773. The maximum Gasteiger partial charge on any atom is 0.303 e. The van der Waals surface area contributed by atoms with Crippen LogP contribution in [0.1, 0.15) is 42.3 Å². The molecule has 1 aromatic rings. The van der Waals surface area contributed by atoms with E-state index in [9.17, 15) is 9.59 Å². The van der Waals surface area contributed by atoms with Crippen LogP contribution in [0.5, 0.6) is 0 Å². The largest absolute Gasteiger partial charge is 0.481 e. The molecule has 0 radical (unpaired) electrons. The molecule has 0 bridgehead atoms. The van der Waals surface area contributed by atoms with E-state index in [1.165, 1.54) is 11.3 Å². The predicted octanol–water partition coefficient (Wildman–Crippen LogP) is 3.41. The first-order chi connectivity index (χ1) is 9.04. The minimum Gasteiger partial charge on any atom is -0.481 e. The Labute approximate surface area is 121 Å². The normalized spacial score (nSPS) is 12.1. The number of carboxylic acid groups (broad SMARTS) is 1. The lowest BCUT2D eigenvalue weighted by Crippen LogP contribution is -2.25. The molecule has 2 N–H and O–H groups in total. The average molecular weight is 304 g/mol. The van der Waals surface area contributed by atoms with Gasteiger partial charge in [-0.05, 0) is 30.2 Å². The van der Waals surface area contributed by atoms with Crippen LogP contribution < -0.4 is 5.32 Å². The molecule has 19 heavy (non-hydrogen) atoms. The van der Waals surface area contributed by atoms with Gasteiger partial charge in [-0.1, -0.05) is 24.9 Å². The van der Waals surface area contributed by atoms with Crippen LogP contribution in [0.3, 0.4) is 0 Å². The molecule has 1 atom stereocenters. The van der Waals surface area contributed by atoms with Crippen molar-refractivity contribution in [3.05, 3.63) is 21.3 Å². The Morgan fingerprint density at radius 3 is 2.74 bits per heavy atom. The second-order valence-corrected chi connectivity index (χ2v) is 5.67. The number of hydrogen-bond acceptors (Lipinski definition) is 3. The molecule has 6 heteroatoms. The van der Waals surface area contributed by atoms with E-state index in [1.54, 1.807) is 11.4 Å². The van der Waals surface area contributed by atoms with Gasteiger partial charge in [-0.2, -0.15) is 0 Å². The molecule has 0 saturated heterocycles. The number of amides is 1. The molecule has 0 saturated carbocycles. The van der Waals surface area contributed by atoms with Crippen LogP contribution in [-0.2, 0) is 4.79 Å². The molecule has 1 unspecified atom stereocenters. The summed E-state index contributed by atoms with van der Waals surface area (Å²) in [7, 11) is 0. The molecule has 106 valence electrons. The van der Waals surface area contributed by atoms with Crippen molar-refractivity contribution in [1.29, 1.82) is 0 Å². The molecule has 0 aliphatic carbocycles. The number of halogens is 1. The summed E-state index contributed by atoms with van der Waals surface area (Å²) in [4.78, 5) is 22.8. The summed E-state index contributed by atoms with van der Waals surface area (Å²) in [5.41, 5.74) is 0. The summed E-state index contributed by atoms with van der Waals surface area (Å²) in [5.74, 6) is -0.601. The van der Waals surface area contributed by atoms with Crippen molar-refractivity contribution in [2.24, 2.45) is 5.92 Å². The number of nitrogens with one attached hydrogen (secondary N) is 1. The molecule has 1 rings (SSSR count). The lowest BCUT2D eigenvalue weighted by atomic mass is 9.97. The van der Waals surface area contributed by atoms with E-state index in [0.717, 1.165) is 12.8 Å². The second kappa shape index (κ2) is 8.17. The van der Waals surface area contributed by atoms with Gasteiger partial charge in [0.05, 0.1) is 5.02 Å². The van der Waals surface area contributed by atoms with Crippen molar-refractivity contribution in [2.45, 2.75) is 32.6 Å². The Hall–Kier alpha value is -1.07. The second-order valence-electron chi connectivity index (χ2n) is 4.35. The number of hydrogen-bond donors (Lipinski definition) is 2. The van der Waals surface area contributed by atoms with Gasteiger partial charge in [-0.25, -0.2) is 0 Å². The molecule has 1 aromatic heterocycles. The standard InChI is InChI=1S/C13H18ClNO3S/c1-2-9(3-4-11(16)17)5-7-15-13(18)12-10(14)6-8-19-12/h6,8-9H,2-5,7H2,1H3,(H,15,18)(H,16,17).